The van der Waals surface area contributed by atoms with Crippen molar-refractivity contribution in [2.24, 2.45) is 0 Å². The van der Waals surface area contributed by atoms with Crippen LogP contribution >= 0.6 is 0 Å². The highest BCUT2D eigenvalue weighted by Gasteiger charge is 2.40. The van der Waals surface area contributed by atoms with Gasteiger partial charge in [0, 0.05) is 22.3 Å². The number of ketones is 2. The van der Waals surface area contributed by atoms with Gasteiger partial charge >= 0.3 is 0 Å². The van der Waals surface area contributed by atoms with Gasteiger partial charge in [0.2, 0.25) is 11.5 Å². The Morgan fingerprint density at radius 1 is 0.619 bits per heavy atom. The maximum atomic E-state index is 14.4. The highest BCUT2D eigenvalue weighted by atomic mass is 16.5. The van der Waals surface area contributed by atoms with E-state index in [0.29, 0.717) is 33.9 Å². The normalized spacial score (nSPS) is 12.2. The Morgan fingerprint density at radius 2 is 1.17 bits per heavy atom. The summed E-state index contributed by atoms with van der Waals surface area (Å²) in [5.74, 6) is 1.50. The largest absolute Gasteiger partial charge is 0.493 e. The van der Waals surface area contributed by atoms with Crippen molar-refractivity contribution < 1.29 is 47.5 Å². The average Bonchev–Trinajstić information content (AvgIpc) is 3.29. The summed E-state index contributed by atoms with van der Waals surface area (Å²) in [5.41, 5.74) is 1.54. The fraction of sp³-hybridized carbons (Fsp3) is 0.312. The highest BCUT2D eigenvalue weighted by molar-refractivity contribution is 6.40. The summed E-state index contributed by atoms with van der Waals surface area (Å²) in [6.07, 6.45) is -0.167. The van der Waals surface area contributed by atoms with Gasteiger partial charge < -0.3 is 37.9 Å². The van der Waals surface area contributed by atoms with Crippen molar-refractivity contribution >= 4 is 17.1 Å². The number of hydrogen-bond acceptors (Lipinski definition) is 10. The van der Waals surface area contributed by atoms with Gasteiger partial charge in [0.1, 0.15) is 0 Å². The molecule has 0 heterocycles. The Labute approximate surface area is 244 Å². The summed E-state index contributed by atoms with van der Waals surface area (Å²) in [4.78, 5) is 28.5. The van der Waals surface area contributed by atoms with Crippen LogP contribution < -0.4 is 37.9 Å². The molecule has 1 aliphatic carbocycles. The highest BCUT2D eigenvalue weighted by Crippen LogP contribution is 2.52. The molecule has 10 heteroatoms. The van der Waals surface area contributed by atoms with E-state index in [1.54, 1.807) is 24.3 Å². The number of methoxy groups -OCH3 is 7. The predicted octanol–water partition coefficient (Wildman–Crippen LogP) is 5.42. The van der Waals surface area contributed by atoms with Gasteiger partial charge in [0.05, 0.1) is 61.4 Å². The third-order valence-electron chi connectivity index (χ3n) is 6.77. The Hall–Kier alpha value is -4.86. The lowest BCUT2D eigenvalue weighted by atomic mass is 9.92. The first-order valence-corrected chi connectivity index (χ1v) is 13.0. The smallest absolute Gasteiger partial charge is 0.203 e. The van der Waals surface area contributed by atoms with E-state index in [-0.39, 0.29) is 51.6 Å². The molecule has 0 saturated carbocycles. The number of allylic oxidation sites excluding steroid dienone is 1. The number of fused-ring (bicyclic) bond motifs is 1. The topological polar surface area (TPSA) is 108 Å². The van der Waals surface area contributed by atoms with Crippen LogP contribution in [0.15, 0.2) is 42.0 Å². The van der Waals surface area contributed by atoms with Crippen LogP contribution in [0.2, 0.25) is 0 Å². The molecule has 0 saturated heterocycles. The molecule has 0 spiro atoms. The average molecular weight is 579 g/mol. The Balaban J connectivity index is 2.09. The van der Waals surface area contributed by atoms with Crippen molar-refractivity contribution in [1.29, 1.82) is 0 Å². The molecule has 0 aliphatic heterocycles. The molecule has 0 unspecified atom stereocenters. The first kappa shape index (κ1) is 30.1. The van der Waals surface area contributed by atoms with E-state index in [1.165, 1.54) is 61.9 Å². The summed E-state index contributed by atoms with van der Waals surface area (Å²) >= 11 is 0. The van der Waals surface area contributed by atoms with Crippen molar-refractivity contribution in [1.82, 2.24) is 0 Å². The zero-order valence-electron chi connectivity index (χ0n) is 25.1. The number of benzene rings is 3. The fourth-order valence-corrected chi connectivity index (χ4v) is 5.00. The van der Waals surface area contributed by atoms with Gasteiger partial charge in [0.25, 0.3) is 0 Å². The summed E-state index contributed by atoms with van der Waals surface area (Å²) in [5, 5.41) is 0. The zero-order chi connectivity index (χ0) is 30.7. The van der Waals surface area contributed by atoms with Gasteiger partial charge in [-0.1, -0.05) is 6.07 Å². The molecule has 10 nitrogen and oxygen atoms in total. The monoisotopic (exact) mass is 578 g/mol. The van der Waals surface area contributed by atoms with Gasteiger partial charge in [-0.15, -0.1) is 0 Å². The van der Waals surface area contributed by atoms with Gasteiger partial charge in [-0.2, -0.15) is 0 Å². The molecule has 42 heavy (non-hydrogen) atoms. The summed E-state index contributed by atoms with van der Waals surface area (Å²) in [6, 6.07) is 9.76. The lowest BCUT2D eigenvalue weighted by Crippen LogP contribution is -2.12. The molecular weight excluding hydrogens is 544 g/mol. The van der Waals surface area contributed by atoms with Gasteiger partial charge in [0.15, 0.2) is 46.1 Å². The number of ether oxygens (including phenoxy) is 8. The first-order chi connectivity index (χ1) is 20.2. The Kier molecular flexibility index (Phi) is 8.84. The standard InChI is InChI=1S/C32H34O10/c1-16(2)42-21-12-17(10-11-20(21)35-3)25-26-19(15-24(38-6)31(40-8)32(26)41-9)29(34)27(25)28(33)18-13-22(36-4)30(39-7)23(14-18)37-5/h10-16H,1-9H3. The predicted molar refractivity (Wildman–Crippen MR) is 156 cm³/mol. The van der Waals surface area contributed by atoms with Crippen molar-refractivity contribution in [3.63, 3.8) is 0 Å². The van der Waals surface area contributed by atoms with E-state index in [0.717, 1.165) is 0 Å². The maximum absolute atomic E-state index is 14.4. The second-order valence-corrected chi connectivity index (χ2v) is 9.42. The molecule has 1 aliphatic rings. The molecule has 0 aromatic heterocycles. The van der Waals surface area contributed by atoms with Crippen molar-refractivity contribution in [2.45, 2.75) is 20.0 Å². The minimum absolute atomic E-state index is 0.0893. The van der Waals surface area contributed by atoms with Crippen LogP contribution in [0.4, 0.5) is 0 Å². The first-order valence-electron chi connectivity index (χ1n) is 13.0. The number of carbonyl (C=O) groups excluding carboxylic acids is 2. The van der Waals surface area contributed by atoms with E-state index in [2.05, 4.69) is 0 Å². The van der Waals surface area contributed by atoms with Gasteiger partial charge in [-0.05, 0) is 49.7 Å². The lowest BCUT2D eigenvalue weighted by Gasteiger charge is -2.19. The Morgan fingerprint density at radius 3 is 1.67 bits per heavy atom. The van der Waals surface area contributed by atoms with Crippen LogP contribution in [0.1, 0.15) is 45.7 Å². The number of carbonyl (C=O) groups is 2. The van der Waals surface area contributed by atoms with Crippen molar-refractivity contribution in [2.75, 3.05) is 49.8 Å². The molecule has 222 valence electrons. The van der Waals surface area contributed by atoms with E-state index >= 15 is 0 Å². The molecule has 0 atom stereocenters. The molecule has 0 amide bonds. The van der Waals surface area contributed by atoms with Crippen LogP contribution in [0.25, 0.3) is 5.57 Å². The van der Waals surface area contributed by atoms with Crippen LogP contribution in [0, 0.1) is 0 Å². The maximum Gasteiger partial charge on any atom is 0.203 e. The summed E-state index contributed by atoms with van der Waals surface area (Å²) < 4.78 is 44.8. The number of hydrogen-bond donors (Lipinski definition) is 0. The van der Waals surface area contributed by atoms with E-state index in [9.17, 15) is 9.59 Å². The zero-order valence-corrected chi connectivity index (χ0v) is 25.1. The molecule has 3 aromatic carbocycles. The molecule has 0 bridgehead atoms. The fourth-order valence-electron chi connectivity index (χ4n) is 5.00. The summed E-state index contributed by atoms with van der Waals surface area (Å²) in [6.45, 7) is 3.78. The van der Waals surface area contributed by atoms with E-state index in [1.807, 2.05) is 13.8 Å². The van der Waals surface area contributed by atoms with Gasteiger partial charge in [-0.25, -0.2) is 0 Å². The van der Waals surface area contributed by atoms with Crippen LogP contribution in [0.5, 0.6) is 46.0 Å². The van der Waals surface area contributed by atoms with Crippen LogP contribution in [-0.4, -0.2) is 67.4 Å². The molecular formula is C32H34O10. The molecule has 4 rings (SSSR count). The minimum Gasteiger partial charge on any atom is -0.493 e. The molecule has 3 aromatic rings. The Bertz CT molecular complexity index is 1540. The number of Topliss-reactive ketones (excluding diaryl/α,β-unsaturated/α-hetero) is 2. The molecule has 0 radical (unpaired) electrons. The van der Waals surface area contributed by atoms with E-state index < -0.39 is 11.6 Å². The van der Waals surface area contributed by atoms with Crippen LogP contribution in [0.3, 0.4) is 0 Å². The molecule has 0 N–H and O–H groups in total. The molecule has 0 fully saturated rings. The second kappa shape index (κ2) is 12.3. The lowest BCUT2D eigenvalue weighted by molar-refractivity contribution is 0.0966. The van der Waals surface area contributed by atoms with Gasteiger partial charge in [-0.3, -0.25) is 9.59 Å². The van der Waals surface area contributed by atoms with E-state index in [4.69, 9.17) is 37.9 Å². The third kappa shape index (κ3) is 5.04. The quantitative estimate of drug-likeness (QED) is 0.204. The van der Waals surface area contributed by atoms with Crippen LogP contribution in [-0.2, 0) is 0 Å². The third-order valence-corrected chi connectivity index (χ3v) is 6.77. The summed E-state index contributed by atoms with van der Waals surface area (Å²) in [7, 11) is 10.3. The minimum atomic E-state index is -0.562. The van der Waals surface area contributed by atoms with Crippen molar-refractivity contribution in [3.05, 3.63) is 64.2 Å². The number of rotatable bonds is 12. The SMILES string of the molecule is COc1ccc(C2=C(C(=O)c3cc(OC)c(OC)c(OC)c3)C(=O)c3cc(OC)c(OC)c(OC)c32)cc1OC(C)C. The second-order valence-electron chi connectivity index (χ2n) is 9.42. The van der Waals surface area contributed by atoms with Crippen molar-refractivity contribution in [3.8, 4) is 46.0 Å².